The van der Waals surface area contributed by atoms with E-state index in [-0.39, 0.29) is 5.54 Å². The highest BCUT2D eigenvalue weighted by Gasteiger charge is 2.39. The maximum absolute atomic E-state index is 6.07. The van der Waals surface area contributed by atoms with Crippen LogP contribution in [0.1, 0.15) is 33.6 Å². The number of hydrogen-bond donors (Lipinski definition) is 1. The van der Waals surface area contributed by atoms with Crippen LogP contribution in [0.3, 0.4) is 0 Å². The molecule has 1 heterocycles. The molecule has 2 atom stereocenters. The molecule has 0 radical (unpaired) electrons. The molecule has 4 nitrogen and oxygen atoms in total. The van der Waals surface area contributed by atoms with Crippen LogP contribution in [0.15, 0.2) is 0 Å². The first-order chi connectivity index (χ1) is 8.55. The zero-order valence-electron chi connectivity index (χ0n) is 12.4. The van der Waals surface area contributed by atoms with Crippen molar-refractivity contribution < 1.29 is 9.47 Å². The lowest BCUT2D eigenvalue weighted by Crippen LogP contribution is -2.58. The third-order valence-electron chi connectivity index (χ3n) is 4.19. The second-order valence-electron chi connectivity index (χ2n) is 5.65. The summed E-state index contributed by atoms with van der Waals surface area (Å²) in [7, 11) is 2.16. The molecule has 0 aromatic heterocycles. The molecule has 1 aliphatic rings. The summed E-state index contributed by atoms with van der Waals surface area (Å²) < 4.78 is 11.3. The van der Waals surface area contributed by atoms with Gasteiger partial charge in [0.2, 0.25) is 0 Å². The number of likely N-dealkylation sites (N-methyl/N-ethyl adjacent to an activating group) is 1. The number of rotatable bonds is 7. The van der Waals surface area contributed by atoms with E-state index in [4.69, 9.17) is 15.2 Å². The summed E-state index contributed by atoms with van der Waals surface area (Å²) in [5, 5.41) is 0. The standard InChI is InChI=1S/C14H30N2O2/c1-5-17-9-7-16(4)14(11-15)6-8-18-13(10-14)12(2)3/h12-13H,5-11,15H2,1-4H3. The van der Waals surface area contributed by atoms with Crippen molar-refractivity contribution in [3.63, 3.8) is 0 Å². The zero-order valence-corrected chi connectivity index (χ0v) is 12.4. The van der Waals surface area contributed by atoms with Gasteiger partial charge < -0.3 is 15.2 Å². The monoisotopic (exact) mass is 258 g/mol. The van der Waals surface area contributed by atoms with Crippen LogP contribution < -0.4 is 5.73 Å². The molecule has 1 saturated heterocycles. The minimum atomic E-state index is 0.0876. The van der Waals surface area contributed by atoms with Gasteiger partial charge in [-0.25, -0.2) is 0 Å². The van der Waals surface area contributed by atoms with Crippen LogP contribution in [0.25, 0.3) is 0 Å². The van der Waals surface area contributed by atoms with Crippen molar-refractivity contribution in [1.29, 1.82) is 0 Å². The Morgan fingerprint density at radius 1 is 1.50 bits per heavy atom. The van der Waals surface area contributed by atoms with Crippen LogP contribution in [-0.2, 0) is 9.47 Å². The molecule has 2 N–H and O–H groups in total. The largest absolute Gasteiger partial charge is 0.380 e. The van der Waals surface area contributed by atoms with Crippen molar-refractivity contribution in [3.8, 4) is 0 Å². The molecule has 108 valence electrons. The van der Waals surface area contributed by atoms with Gasteiger partial charge in [0.1, 0.15) is 0 Å². The summed E-state index contributed by atoms with van der Waals surface area (Å²) in [6.07, 6.45) is 2.39. The molecule has 18 heavy (non-hydrogen) atoms. The van der Waals surface area contributed by atoms with Crippen LogP contribution in [0.4, 0.5) is 0 Å². The topological polar surface area (TPSA) is 47.7 Å². The number of hydrogen-bond acceptors (Lipinski definition) is 4. The van der Waals surface area contributed by atoms with Crippen molar-refractivity contribution in [1.82, 2.24) is 4.90 Å². The van der Waals surface area contributed by atoms with Gasteiger partial charge >= 0.3 is 0 Å². The van der Waals surface area contributed by atoms with Gasteiger partial charge in [-0.15, -0.1) is 0 Å². The van der Waals surface area contributed by atoms with Crippen molar-refractivity contribution in [2.45, 2.75) is 45.3 Å². The quantitative estimate of drug-likeness (QED) is 0.703. The Hall–Kier alpha value is -0.160. The normalized spacial score (nSPS) is 29.2. The van der Waals surface area contributed by atoms with Gasteiger partial charge in [-0.2, -0.15) is 0 Å². The van der Waals surface area contributed by atoms with Crippen LogP contribution in [-0.4, -0.2) is 56.5 Å². The Labute approximate surface area is 112 Å². The minimum Gasteiger partial charge on any atom is -0.380 e. The molecule has 0 aromatic carbocycles. The molecular formula is C14H30N2O2. The van der Waals surface area contributed by atoms with E-state index in [1.807, 2.05) is 6.92 Å². The van der Waals surface area contributed by atoms with E-state index >= 15 is 0 Å². The molecule has 0 amide bonds. The van der Waals surface area contributed by atoms with Crippen LogP contribution in [0.2, 0.25) is 0 Å². The van der Waals surface area contributed by atoms with Crippen LogP contribution in [0.5, 0.6) is 0 Å². The van der Waals surface area contributed by atoms with Gasteiger partial charge in [0.15, 0.2) is 0 Å². The lowest BCUT2D eigenvalue weighted by Gasteiger charge is -2.47. The van der Waals surface area contributed by atoms with Crippen molar-refractivity contribution >= 4 is 0 Å². The van der Waals surface area contributed by atoms with E-state index < -0.39 is 0 Å². The Morgan fingerprint density at radius 2 is 2.22 bits per heavy atom. The number of nitrogens with two attached hydrogens (primary N) is 1. The van der Waals surface area contributed by atoms with E-state index in [1.165, 1.54) is 0 Å². The van der Waals surface area contributed by atoms with Gasteiger partial charge in [-0.1, -0.05) is 13.8 Å². The minimum absolute atomic E-state index is 0.0876. The van der Waals surface area contributed by atoms with E-state index in [9.17, 15) is 0 Å². The molecule has 1 rings (SSSR count). The fourth-order valence-corrected chi connectivity index (χ4v) is 2.63. The predicted octanol–water partition coefficient (Wildman–Crippen LogP) is 1.49. The lowest BCUT2D eigenvalue weighted by atomic mass is 9.82. The smallest absolute Gasteiger partial charge is 0.0616 e. The van der Waals surface area contributed by atoms with Crippen molar-refractivity contribution in [2.75, 3.05) is 40.0 Å². The molecule has 0 bridgehead atoms. The van der Waals surface area contributed by atoms with E-state index in [2.05, 4.69) is 25.8 Å². The summed E-state index contributed by atoms with van der Waals surface area (Å²) in [6, 6.07) is 0. The van der Waals surface area contributed by atoms with Crippen molar-refractivity contribution in [3.05, 3.63) is 0 Å². The van der Waals surface area contributed by atoms with Gasteiger partial charge in [0.25, 0.3) is 0 Å². The Kier molecular flexibility index (Phi) is 6.57. The summed E-state index contributed by atoms with van der Waals surface area (Å²) in [5.41, 5.74) is 6.16. The first kappa shape index (κ1) is 15.9. The van der Waals surface area contributed by atoms with E-state index in [0.29, 0.717) is 18.6 Å². The van der Waals surface area contributed by atoms with Gasteiger partial charge in [-0.3, -0.25) is 4.90 Å². The summed E-state index contributed by atoms with van der Waals surface area (Å²) >= 11 is 0. The maximum Gasteiger partial charge on any atom is 0.0616 e. The van der Waals surface area contributed by atoms with E-state index in [1.54, 1.807) is 0 Å². The molecule has 0 saturated carbocycles. The molecule has 0 spiro atoms. The fraction of sp³-hybridized carbons (Fsp3) is 1.00. The molecule has 1 aliphatic heterocycles. The van der Waals surface area contributed by atoms with Gasteiger partial charge in [-0.05, 0) is 32.7 Å². The highest BCUT2D eigenvalue weighted by molar-refractivity contribution is 4.95. The van der Waals surface area contributed by atoms with E-state index in [0.717, 1.165) is 39.2 Å². The second kappa shape index (κ2) is 7.43. The number of ether oxygens (including phenoxy) is 2. The van der Waals surface area contributed by atoms with Crippen LogP contribution in [0, 0.1) is 5.92 Å². The third kappa shape index (κ3) is 3.92. The number of nitrogens with zero attached hydrogens (tertiary/aromatic N) is 1. The highest BCUT2D eigenvalue weighted by atomic mass is 16.5. The second-order valence-corrected chi connectivity index (χ2v) is 5.65. The molecule has 0 aromatic rings. The summed E-state index contributed by atoms with van der Waals surface area (Å²) in [6.45, 7) is 10.5. The highest BCUT2D eigenvalue weighted by Crippen LogP contribution is 2.32. The van der Waals surface area contributed by atoms with Gasteiger partial charge in [0.05, 0.1) is 12.7 Å². The molecule has 1 fully saturated rings. The Balaban J connectivity index is 2.59. The van der Waals surface area contributed by atoms with Crippen molar-refractivity contribution in [2.24, 2.45) is 11.7 Å². The maximum atomic E-state index is 6.07. The van der Waals surface area contributed by atoms with Crippen LogP contribution >= 0.6 is 0 Å². The average molecular weight is 258 g/mol. The van der Waals surface area contributed by atoms with Gasteiger partial charge in [0, 0.05) is 31.8 Å². The SMILES string of the molecule is CCOCCN(C)C1(CN)CCOC(C(C)C)C1. The predicted molar refractivity (Wildman–Crippen MR) is 74.7 cm³/mol. The molecule has 2 unspecified atom stereocenters. The fourth-order valence-electron chi connectivity index (χ4n) is 2.63. The zero-order chi connectivity index (χ0) is 13.6. The molecule has 4 heteroatoms. The summed E-state index contributed by atoms with van der Waals surface area (Å²) in [4.78, 5) is 2.38. The third-order valence-corrected chi connectivity index (χ3v) is 4.19. The average Bonchev–Trinajstić information content (AvgIpc) is 2.38. The Morgan fingerprint density at radius 3 is 2.78 bits per heavy atom. The lowest BCUT2D eigenvalue weighted by molar-refractivity contribution is -0.0848. The first-order valence-corrected chi connectivity index (χ1v) is 7.16. The molecular weight excluding hydrogens is 228 g/mol. The molecule has 0 aliphatic carbocycles. The Bertz CT molecular complexity index is 236. The first-order valence-electron chi connectivity index (χ1n) is 7.16. The summed E-state index contributed by atoms with van der Waals surface area (Å²) in [5.74, 6) is 0.552.